The van der Waals surface area contributed by atoms with Gasteiger partial charge in [-0.05, 0) is 34.7 Å². The summed E-state index contributed by atoms with van der Waals surface area (Å²) >= 11 is 0. The minimum Gasteiger partial charge on any atom is -0.341 e. The van der Waals surface area contributed by atoms with Gasteiger partial charge < -0.3 is 20.6 Å². The van der Waals surface area contributed by atoms with Crippen LogP contribution in [0, 0.1) is 5.92 Å². The first-order valence-electron chi connectivity index (χ1n) is 12.7. The fourth-order valence-electron chi connectivity index (χ4n) is 3.66. The molecule has 0 amide bonds. The molecular weight excluding hydrogens is 432 g/mol. The van der Waals surface area contributed by atoms with Crippen molar-refractivity contribution in [1.29, 1.82) is 0 Å². The molecule has 0 fully saturated rings. The molecule has 186 valence electrons. The highest BCUT2D eigenvalue weighted by atomic mass is 15.0. The Morgan fingerprint density at radius 3 is 1.51 bits per heavy atom. The SMILES string of the molecule is CC.CC(C)CNCc1ncc(-c2ccc(-c3ccc(-c4cnc(CNC(C)C)[nH]4)cc3)cc2)[nH]1. The van der Waals surface area contributed by atoms with Crippen molar-refractivity contribution >= 4 is 0 Å². The lowest BCUT2D eigenvalue weighted by Gasteiger charge is -2.06. The van der Waals surface area contributed by atoms with Crippen molar-refractivity contribution in [2.45, 2.75) is 60.7 Å². The predicted molar refractivity (Wildman–Crippen MR) is 147 cm³/mol. The van der Waals surface area contributed by atoms with Crippen molar-refractivity contribution in [2.75, 3.05) is 6.54 Å². The van der Waals surface area contributed by atoms with E-state index >= 15 is 0 Å². The number of imidazole rings is 2. The van der Waals surface area contributed by atoms with E-state index in [1.165, 1.54) is 11.1 Å². The molecule has 2 aromatic heterocycles. The first-order valence-corrected chi connectivity index (χ1v) is 12.7. The lowest BCUT2D eigenvalue weighted by Crippen LogP contribution is -2.22. The highest BCUT2D eigenvalue weighted by Crippen LogP contribution is 2.26. The molecule has 0 saturated carbocycles. The highest BCUT2D eigenvalue weighted by Gasteiger charge is 2.07. The van der Waals surface area contributed by atoms with Crippen LogP contribution in [0.5, 0.6) is 0 Å². The first kappa shape index (κ1) is 26.4. The largest absolute Gasteiger partial charge is 0.341 e. The first-order chi connectivity index (χ1) is 17.0. The van der Waals surface area contributed by atoms with Gasteiger partial charge in [-0.2, -0.15) is 0 Å². The van der Waals surface area contributed by atoms with E-state index in [9.17, 15) is 0 Å². The summed E-state index contributed by atoms with van der Waals surface area (Å²) < 4.78 is 0. The van der Waals surface area contributed by atoms with E-state index in [1.54, 1.807) is 0 Å². The number of rotatable bonds is 10. The Balaban J connectivity index is 0.00000167. The minimum absolute atomic E-state index is 0.436. The lowest BCUT2D eigenvalue weighted by atomic mass is 10.0. The molecule has 0 spiro atoms. The highest BCUT2D eigenvalue weighted by molar-refractivity contribution is 5.71. The maximum atomic E-state index is 4.50. The molecule has 6 nitrogen and oxygen atoms in total. The van der Waals surface area contributed by atoms with Gasteiger partial charge in [0.1, 0.15) is 11.6 Å². The molecule has 6 heteroatoms. The van der Waals surface area contributed by atoms with Gasteiger partial charge in [-0.1, -0.05) is 90.1 Å². The van der Waals surface area contributed by atoms with Gasteiger partial charge in [0.05, 0.1) is 36.9 Å². The molecular formula is C29H40N6. The van der Waals surface area contributed by atoms with Crippen LogP contribution in [-0.4, -0.2) is 32.5 Å². The van der Waals surface area contributed by atoms with Gasteiger partial charge in [0.25, 0.3) is 0 Å². The Morgan fingerprint density at radius 2 is 1.09 bits per heavy atom. The van der Waals surface area contributed by atoms with E-state index in [2.05, 4.69) is 107 Å². The van der Waals surface area contributed by atoms with E-state index in [-0.39, 0.29) is 0 Å². The fraction of sp³-hybridized carbons (Fsp3) is 0.379. The summed E-state index contributed by atoms with van der Waals surface area (Å²) in [5, 5.41) is 6.81. The van der Waals surface area contributed by atoms with Crippen molar-refractivity contribution in [3.05, 3.63) is 72.6 Å². The molecule has 4 aromatic rings. The summed E-state index contributed by atoms with van der Waals surface area (Å²) in [4.78, 5) is 15.8. The summed E-state index contributed by atoms with van der Waals surface area (Å²) in [5.74, 6) is 2.55. The number of nitrogens with one attached hydrogen (secondary N) is 4. The van der Waals surface area contributed by atoms with Crippen LogP contribution in [0.2, 0.25) is 0 Å². The molecule has 4 rings (SSSR count). The van der Waals surface area contributed by atoms with Crippen LogP contribution in [0.15, 0.2) is 60.9 Å². The number of nitrogens with zero attached hydrogens (tertiary/aromatic N) is 2. The summed E-state index contributed by atoms with van der Waals surface area (Å²) in [7, 11) is 0. The van der Waals surface area contributed by atoms with Gasteiger partial charge in [0, 0.05) is 6.04 Å². The number of aromatic amines is 2. The average molecular weight is 473 g/mol. The van der Waals surface area contributed by atoms with E-state index in [4.69, 9.17) is 0 Å². The quantitative estimate of drug-likeness (QED) is 0.215. The molecule has 2 heterocycles. The van der Waals surface area contributed by atoms with Gasteiger partial charge in [0.2, 0.25) is 0 Å². The molecule has 0 aliphatic carbocycles. The number of H-pyrrole nitrogens is 2. The van der Waals surface area contributed by atoms with Crippen molar-refractivity contribution in [2.24, 2.45) is 5.92 Å². The van der Waals surface area contributed by atoms with Crippen molar-refractivity contribution < 1.29 is 0 Å². The second-order valence-electron chi connectivity index (χ2n) is 9.20. The molecule has 4 N–H and O–H groups in total. The Hall–Kier alpha value is -3.22. The lowest BCUT2D eigenvalue weighted by molar-refractivity contribution is 0.545. The van der Waals surface area contributed by atoms with Gasteiger partial charge >= 0.3 is 0 Å². The maximum absolute atomic E-state index is 4.50. The maximum Gasteiger partial charge on any atom is 0.120 e. The zero-order valence-electron chi connectivity index (χ0n) is 21.9. The van der Waals surface area contributed by atoms with Crippen LogP contribution in [0.1, 0.15) is 53.2 Å². The fourth-order valence-corrected chi connectivity index (χ4v) is 3.66. The third-order valence-electron chi connectivity index (χ3n) is 5.50. The van der Waals surface area contributed by atoms with E-state index in [0.29, 0.717) is 12.0 Å². The molecule has 0 bridgehead atoms. The van der Waals surface area contributed by atoms with Crippen LogP contribution in [0.3, 0.4) is 0 Å². The minimum atomic E-state index is 0.436. The normalized spacial score (nSPS) is 11.1. The molecule has 0 aliphatic heterocycles. The Bertz CT molecular complexity index is 1140. The number of benzene rings is 2. The topological polar surface area (TPSA) is 81.4 Å². The van der Waals surface area contributed by atoms with Gasteiger partial charge in [-0.25, -0.2) is 9.97 Å². The average Bonchev–Trinajstić information content (AvgIpc) is 3.54. The summed E-state index contributed by atoms with van der Waals surface area (Å²) in [6, 6.07) is 17.6. The molecule has 0 unspecified atom stereocenters. The van der Waals surface area contributed by atoms with Crippen molar-refractivity contribution in [3.63, 3.8) is 0 Å². The van der Waals surface area contributed by atoms with Gasteiger partial charge in [-0.15, -0.1) is 0 Å². The van der Waals surface area contributed by atoms with E-state index in [1.807, 2.05) is 26.2 Å². The molecule has 0 aliphatic rings. The third kappa shape index (κ3) is 7.64. The molecule has 0 atom stereocenters. The number of aromatic nitrogens is 4. The summed E-state index contributed by atoms with van der Waals surface area (Å²) in [6.45, 7) is 15.2. The second-order valence-corrected chi connectivity index (χ2v) is 9.20. The molecule has 2 aromatic carbocycles. The predicted octanol–water partition coefficient (Wildman–Crippen LogP) is 6.40. The van der Waals surface area contributed by atoms with E-state index in [0.717, 1.165) is 53.8 Å². The number of hydrogen-bond acceptors (Lipinski definition) is 4. The van der Waals surface area contributed by atoms with Crippen molar-refractivity contribution in [1.82, 2.24) is 30.6 Å². The van der Waals surface area contributed by atoms with Crippen molar-refractivity contribution in [3.8, 4) is 33.6 Å². The van der Waals surface area contributed by atoms with E-state index < -0.39 is 0 Å². The smallest absolute Gasteiger partial charge is 0.120 e. The molecule has 0 radical (unpaired) electrons. The second kappa shape index (κ2) is 13.0. The van der Waals surface area contributed by atoms with Crippen LogP contribution in [-0.2, 0) is 13.1 Å². The van der Waals surface area contributed by atoms with Crippen LogP contribution < -0.4 is 10.6 Å². The summed E-state index contributed by atoms with van der Waals surface area (Å²) in [6.07, 6.45) is 3.81. The summed E-state index contributed by atoms with van der Waals surface area (Å²) in [5.41, 5.74) is 6.73. The Labute approximate surface area is 210 Å². The van der Waals surface area contributed by atoms with Gasteiger partial charge in [-0.3, -0.25) is 0 Å². The zero-order valence-corrected chi connectivity index (χ0v) is 21.9. The van der Waals surface area contributed by atoms with Crippen LogP contribution >= 0.6 is 0 Å². The Morgan fingerprint density at radius 1 is 0.657 bits per heavy atom. The standard InChI is InChI=1S/C27H34N6.C2H6/c1-18(2)13-28-16-26-30-14-24(32-26)22-9-5-20(6-10-22)21-7-11-23(12-8-21)25-15-31-27(33-25)17-29-19(3)4;1-2/h5-12,14-15,18-19,28-29H,13,16-17H2,1-4H3,(H,30,32)(H,31,33);1-2H3. The molecule has 35 heavy (non-hydrogen) atoms. The van der Waals surface area contributed by atoms with Crippen LogP contribution in [0.25, 0.3) is 33.6 Å². The number of hydrogen-bond donors (Lipinski definition) is 4. The zero-order chi connectivity index (χ0) is 25.2. The monoisotopic (exact) mass is 472 g/mol. The van der Waals surface area contributed by atoms with Gasteiger partial charge in [0.15, 0.2) is 0 Å². The van der Waals surface area contributed by atoms with Crippen LogP contribution in [0.4, 0.5) is 0 Å². The molecule has 0 saturated heterocycles. The Kier molecular flexibility index (Phi) is 9.82. The third-order valence-corrected chi connectivity index (χ3v) is 5.50.